The summed E-state index contributed by atoms with van der Waals surface area (Å²) in [7, 11) is 0. The number of hydrogen-bond donors (Lipinski definition) is 1. The highest BCUT2D eigenvalue weighted by molar-refractivity contribution is 5.90. The van der Waals surface area contributed by atoms with Gasteiger partial charge in [0.2, 0.25) is 0 Å². The maximum absolute atomic E-state index is 12.0. The van der Waals surface area contributed by atoms with Gasteiger partial charge in [0.05, 0.1) is 0 Å². The zero-order chi connectivity index (χ0) is 20.0. The van der Waals surface area contributed by atoms with Gasteiger partial charge in [-0.3, -0.25) is 9.59 Å². The third-order valence-corrected chi connectivity index (χ3v) is 6.83. The molecule has 1 saturated carbocycles. The van der Waals surface area contributed by atoms with Crippen molar-refractivity contribution < 1.29 is 19.4 Å². The zero-order valence-corrected chi connectivity index (χ0v) is 17.2. The first-order valence-electron chi connectivity index (χ1n) is 10.1. The number of hydrogen-bond acceptors (Lipinski definition) is 3. The molecular formula is C23H32O4. The molecule has 1 aromatic carbocycles. The van der Waals surface area contributed by atoms with Crippen molar-refractivity contribution in [3.63, 3.8) is 0 Å². The Hall–Kier alpha value is -1.84. The molecule has 0 unspecified atom stereocenters. The van der Waals surface area contributed by atoms with Crippen molar-refractivity contribution >= 4 is 11.9 Å². The fourth-order valence-corrected chi connectivity index (χ4v) is 5.76. The number of benzene rings is 1. The second kappa shape index (κ2) is 6.96. The van der Waals surface area contributed by atoms with Crippen LogP contribution in [0.2, 0.25) is 0 Å². The highest BCUT2D eigenvalue weighted by Gasteiger charge is 2.53. The fraction of sp³-hybridized carbons (Fsp3) is 0.652. The SMILES string of the molecule is CC(C)c1ccc2c(c1)CC[C@H]1C(C)(C)C[C@H](OC(=O)CC(=O)O)C[C@]21C. The first-order chi connectivity index (χ1) is 12.5. The Morgan fingerprint density at radius 2 is 1.93 bits per heavy atom. The number of aryl methyl sites for hydroxylation is 1. The number of esters is 1. The van der Waals surface area contributed by atoms with E-state index in [-0.39, 0.29) is 16.9 Å². The predicted octanol–water partition coefficient (Wildman–Crippen LogP) is 4.84. The van der Waals surface area contributed by atoms with Crippen molar-refractivity contribution in [2.45, 2.75) is 84.2 Å². The van der Waals surface area contributed by atoms with Gasteiger partial charge in [-0.2, -0.15) is 0 Å². The lowest BCUT2D eigenvalue weighted by Crippen LogP contribution is -2.52. The maximum atomic E-state index is 12.0. The van der Waals surface area contributed by atoms with Crippen molar-refractivity contribution in [1.29, 1.82) is 0 Å². The number of aliphatic carboxylic acids is 1. The van der Waals surface area contributed by atoms with Crippen LogP contribution in [0.15, 0.2) is 18.2 Å². The van der Waals surface area contributed by atoms with E-state index in [9.17, 15) is 9.59 Å². The number of fused-ring (bicyclic) bond motifs is 3. The molecule has 0 aromatic heterocycles. The summed E-state index contributed by atoms with van der Waals surface area (Å²) in [6, 6.07) is 6.88. The summed E-state index contributed by atoms with van der Waals surface area (Å²) in [5.41, 5.74) is 4.16. The Bertz CT molecular complexity index is 749. The third-order valence-electron chi connectivity index (χ3n) is 6.83. The van der Waals surface area contributed by atoms with Crippen LogP contribution < -0.4 is 0 Å². The molecule has 0 aliphatic heterocycles. The van der Waals surface area contributed by atoms with E-state index in [2.05, 4.69) is 52.8 Å². The lowest BCUT2D eigenvalue weighted by molar-refractivity contribution is -0.161. The molecule has 3 atom stereocenters. The van der Waals surface area contributed by atoms with Gasteiger partial charge in [-0.05, 0) is 65.0 Å². The first kappa shape index (κ1) is 19.9. The van der Waals surface area contributed by atoms with Gasteiger partial charge in [-0.25, -0.2) is 0 Å². The second-order valence-electron chi connectivity index (χ2n) is 9.66. The van der Waals surface area contributed by atoms with Gasteiger partial charge in [-0.15, -0.1) is 0 Å². The summed E-state index contributed by atoms with van der Waals surface area (Å²) in [6.45, 7) is 11.3. The Morgan fingerprint density at radius 1 is 1.22 bits per heavy atom. The Morgan fingerprint density at radius 3 is 2.56 bits per heavy atom. The molecule has 0 saturated heterocycles. The Labute approximate surface area is 162 Å². The van der Waals surface area contributed by atoms with E-state index in [1.807, 2.05) is 0 Å². The average molecular weight is 373 g/mol. The van der Waals surface area contributed by atoms with Gasteiger partial charge in [0, 0.05) is 0 Å². The molecule has 0 amide bonds. The number of carbonyl (C=O) groups is 2. The molecule has 2 aliphatic carbocycles. The molecule has 1 N–H and O–H groups in total. The number of ether oxygens (including phenoxy) is 1. The lowest BCUT2D eigenvalue weighted by atomic mass is 9.49. The molecular weight excluding hydrogens is 340 g/mol. The predicted molar refractivity (Wildman–Crippen MR) is 105 cm³/mol. The minimum absolute atomic E-state index is 0.0373. The number of carboxylic acids is 1. The number of carbonyl (C=O) groups excluding carboxylic acids is 1. The van der Waals surface area contributed by atoms with E-state index < -0.39 is 18.4 Å². The normalized spacial score (nSPS) is 29.0. The fourth-order valence-electron chi connectivity index (χ4n) is 5.76. The standard InChI is InChI=1S/C23H32O4/c1-14(2)15-6-8-18-16(10-15)7-9-19-22(3,4)12-17(13-23(18,19)5)27-21(26)11-20(24)25/h6,8,10,14,17,19H,7,9,11-13H2,1-5H3,(H,24,25)/t17-,19-,23+/m0/s1. The van der Waals surface area contributed by atoms with Crippen molar-refractivity contribution in [3.05, 3.63) is 34.9 Å². The average Bonchev–Trinajstić information content (AvgIpc) is 2.51. The molecule has 0 spiro atoms. The summed E-state index contributed by atoms with van der Waals surface area (Å²) < 4.78 is 5.61. The maximum Gasteiger partial charge on any atom is 0.317 e. The largest absolute Gasteiger partial charge is 0.481 e. The van der Waals surface area contributed by atoms with E-state index in [1.165, 1.54) is 16.7 Å². The van der Waals surface area contributed by atoms with Crippen LogP contribution in [0.25, 0.3) is 0 Å². The summed E-state index contributed by atoms with van der Waals surface area (Å²) in [5.74, 6) is -0.731. The topological polar surface area (TPSA) is 63.6 Å². The molecule has 3 rings (SSSR count). The second-order valence-corrected chi connectivity index (χ2v) is 9.66. The minimum atomic E-state index is -1.14. The molecule has 0 bridgehead atoms. The molecule has 2 aliphatic rings. The molecule has 1 fully saturated rings. The van der Waals surface area contributed by atoms with Crippen molar-refractivity contribution in [3.8, 4) is 0 Å². The smallest absolute Gasteiger partial charge is 0.317 e. The van der Waals surface area contributed by atoms with Gasteiger partial charge >= 0.3 is 11.9 Å². The monoisotopic (exact) mass is 372 g/mol. The van der Waals surface area contributed by atoms with Crippen LogP contribution in [0, 0.1) is 11.3 Å². The molecule has 148 valence electrons. The van der Waals surface area contributed by atoms with Crippen LogP contribution in [0.5, 0.6) is 0 Å². The number of carboxylic acid groups (broad SMARTS) is 1. The molecule has 4 nitrogen and oxygen atoms in total. The van der Waals surface area contributed by atoms with Crippen molar-refractivity contribution in [1.82, 2.24) is 0 Å². The zero-order valence-electron chi connectivity index (χ0n) is 17.2. The summed E-state index contributed by atoms with van der Waals surface area (Å²) in [6.07, 6.45) is 3.00. The summed E-state index contributed by atoms with van der Waals surface area (Å²) >= 11 is 0. The minimum Gasteiger partial charge on any atom is -0.481 e. The highest BCUT2D eigenvalue weighted by Crippen LogP contribution is 2.57. The first-order valence-corrected chi connectivity index (χ1v) is 10.1. The van der Waals surface area contributed by atoms with Crippen molar-refractivity contribution in [2.24, 2.45) is 11.3 Å². The van der Waals surface area contributed by atoms with E-state index in [0.717, 1.165) is 25.7 Å². The van der Waals surface area contributed by atoms with Crippen molar-refractivity contribution in [2.75, 3.05) is 0 Å². The van der Waals surface area contributed by atoms with E-state index in [1.54, 1.807) is 0 Å². The van der Waals surface area contributed by atoms with E-state index >= 15 is 0 Å². The van der Waals surface area contributed by atoms with Gasteiger partial charge in [-0.1, -0.05) is 52.8 Å². The Kier molecular flexibility index (Phi) is 5.13. The molecule has 27 heavy (non-hydrogen) atoms. The van der Waals surface area contributed by atoms with Crippen LogP contribution in [-0.2, 0) is 26.2 Å². The molecule has 1 aromatic rings. The Balaban J connectivity index is 1.93. The lowest BCUT2D eigenvalue weighted by Gasteiger charge is -2.56. The number of rotatable bonds is 4. The summed E-state index contributed by atoms with van der Waals surface area (Å²) in [5, 5.41) is 8.85. The van der Waals surface area contributed by atoms with Gasteiger partial charge in [0.15, 0.2) is 0 Å². The van der Waals surface area contributed by atoms with Crippen LogP contribution in [0.3, 0.4) is 0 Å². The quantitative estimate of drug-likeness (QED) is 0.607. The van der Waals surface area contributed by atoms with Crippen LogP contribution in [-0.4, -0.2) is 23.1 Å². The third kappa shape index (κ3) is 3.76. The van der Waals surface area contributed by atoms with Crippen LogP contribution in [0.1, 0.15) is 82.9 Å². The van der Waals surface area contributed by atoms with Gasteiger partial charge in [0.1, 0.15) is 12.5 Å². The van der Waals surface area contributed by atoms with Gasteiger partial charge < -0.3 is 9.84 Å². The molecule has 4 heteroatoms. The van der Waals surface area contributed by atoms with E-state index in [4.69, 9.17) is 9.84 Å². The highest BCUT2D eigenvalue weighted by atomic mass is 16.5. The molecule has 0 heterocycles. The molecule has 0 radical (unpaired) electrons. The van der Waals surface area contributed by atoms with Gasteiger partial charge in [0.25, 0.3) is 0 Å². The van der Waals surface area contributed by atoms with E-state index in [0.29, 0.717) is 11.8 Å². The van der Waals surface area contributed by atoms with Crippen LogP contribution >= 0.6 is 0 Å². The summed E-state index contributed by atoms with van der Waals surface area (Å²) in [4.78, 5) is 22.8. The van der Waals surface area contributed by atoms with Crippen LogP contribution in [0.4, 0.5) is 0 Å².